The SMILES string of the molecule is Cc1nc(CCCC(=O)NC(CCO)C2CC2)cs1. The normalized spacial score (nSPS) is 16.3. The van der Waals surface area contributed by atoms with Gasteiger partial charge in [0.05, 0.1) is 10.7 Å². The summed E-state index contributed by atoms with van der Waals surface area (Å²) >= 11 is 1.65. The zero-order chi connectivity index (χ0) is 13.7. The van der Waals surface area contributed by atoms with Gasteiger partial charge in [-0.25, -0.2) is 4.98 Å². The lowest BCUT2D eigenvalue weighted by Crippen LogP contribution is -2.37. The zero-order valence-corrected chi connectivity index (χ0v) is 12.2. The Morgan fingerprint density at radius 3 is 3.00 bits per heavy atom. The number of rotatable bonds is 8. The van der Waals surface area contributed by atoms with Crippen LogP contribution in [-0.2, 0) is 11.2 Å². The van der Waals surface area contributed by atoms with Gasteiger partial charge in [-0.1, -0.05) is 0 Å². The number of aromatic nitrogens is 1. The van der Waals surface area contributed by atoms with E-state index < -0.39 is 0 Å². The molecule has 1 atom stereocenters. The number of nitrogens with one attached hydrogen (secondary N) is 1. The number of hydrogen-bond acceptors (Lipinski definition) is 4. The number of carbonyl (C=O) groups is 1. The van der Waals surface area contributed by atoms with E-state index in [1.807, 2.05) is 6.92 Å². The van der Waals surface area contributed by atoms with Crippen molar-refractivity contribution in [1.29, 1.82) is 0 Å². The summed E-state index contributed by atoms with van der Waals surface area (Å²) in [5.74, 6) is 0.703. The van der Waals surface area contributed by atoms with Crippen LogP contribution in [-0.4, -0.2) is 28.6 Å². The molecule has 106 valence electrons. The Bertz CT molecular complexity index is 415. The third-order valence-electron chi connectivity index (χ3n) is 3.48. The van der Waals surface area contributed by atoms with E-state index in [9.17, 15) is 4.79 Å². The lowest BCUT2D eigenvalue weighted by atomic mass is 10.1. The third-order valence-corrected chi connectivity index (χ3v) is 4.30. The monoisotopic (exact) mass is 282 g/mol. The minimum Gasteiger partial charge on any atom is -0.396 e. The second kappa shape index (κ2) is 7.01. The van der Waals surface area contributed by atoms with Crippen molar-refractivity contribution in [1.82, 2.24) is 10.3 Å². The first-order valence-corrected chi connectivity index (χ1v) is 7.88. The molecule has 1 aromatic rings. The lowest BCUT2D eigenvalue weighted by Gasteiger charge is -2.16. The fourth-order valence-electron chi connectivity index (χ4n) is 2.30. The number of aliphatic hydroxyl groups excluding tert-OH is 1. The van der Waals surface area contributed by atoms with Gasteiger partial charge in [0.1, 0.15) is 0 Å². The Kier molecular flexibility index (Phi) is 5.34. The fraction of sp³-hybridized carbons (Fsp3) is 0.714. The number of carbonyl (C=O) groups excluding carboxylic acids is 1. The van der Waals surface area contributed by atoms with Crippen molar-refractivity contribution in [2.24, 2.45) is 5.92 Å². The van der Waals surface area contributed by atoms with E-state index in [1.165, 1.54) is 12.8 Å². The fourth-order valence-corrected chi connectivity index (χ4v) is 2.94. The number of amides is 1. The van der Waals surface area contributed by atoms with Crippen LogP contribution in [0.4, 0.5) is 0 Å². The summed E-state index contributed by atoms with van der Waals surface area (Å²) in [6.45, 7) is 2.15. The van der Waals surface area contributed by atoms with Crippen molar-refractivity contribution in [3.05, 3.63) is 16.1 Å². The molecular weight excluding hydrogens is 260 g/mol. The summed E-state index contributed by atoms with van der Waals surface area (Å²) in [5, 5.41) is 15.2. The highest BCUT2D eigenvalue weighted by Crippen LogP contribution is 2.33. The number of hydrogen-bond donors (Lipinski definition) is 2. The second-order valence-corrected chi connectivity index (χ2v) is 6.30. The van der Waals surface area contributed by atoms with Gasteiger partial charge in [0, 0.05) is 24.4 Å². The molecule has 0 bridgehead atoms. The summed E-state index contributed by atoms with van der Waals surface area (Å²) in [4.78, 5) is 16.2. The molecule has 0 aromatic carbocycles. The van der Waals surface area contributed by atoms with Gasteiger partial charge in [-0.15, -0.1) is 11.3 Å². The van der Waals surface area contributed by atoms with Gasteiger partial charge >= 0.3 is 0 Å². The van der Waals surface area contributed by atoms with Crippen LogP contribution in [0.25, 0.3) is 0 Å². The first-order chi connectivity index (χ1) is 9.19. The van der Waals surface area contributed by atoms with E-state index in [2.05, 4.69) is 15.7 Å². The number of aryl methyl sites for hydroxylation is 2. The average Bonchev–Trinajstić information content (AvgIpc) is 3.13. The number of nitrogens with zero attached hydrogens (tertiary/aromatic N) is 1. The van der Waals surface area contributed by atoms with Gasteiger partial charge in [-0.05, 0) is 44.9 Å². The summed E-state index contributed by atoms with van der Waals surface area (Å²) in [6.07, 6.45) is 5.30. The van der Waals surface area contributed by atoms with Crippen LogP contribution in [0.5, 0.6) is 0 Å². The van der Waals surface area contributed by atoms with Crippen LogP contribution in [0.3, 0.4) is 0 Å². The van der Waals surface area contributed by atoms with Gasteiger partial charge in [0.25, 0.3) is 0 Å². The summed E-state index contributed by atoms with van der Waals surface area (Å²) in [5.41, 5.74) is 1.09. The average molecular weight is 282 g/mol. The minimum absolute atomic E-state index is 0.109. The van der Waals surface area contributed by atoms with Crippen molar-refractivity contribution in [3.8, 4) is 0 Å². The molecule has 1 saturated carbocycles. The summed E-state index contributed by atoms with van der Waals surface area (Å²) in [7, 11) is 0. The van der Waals surface area contributed by atoms with Crippen molar-refractivity contribution in [2.75, 3.05) is 6.61 Å². The molecule has 0 spiro atoms. The highest BCUT2D eigenvalue weighted by Gasteiger charge is 2.31. The maximum Gasteiger partial charge on any atom is 0.220 e. The van der Waals surface area contributed by atoms with Crippen molar-refractivity contribution < 1.29 is 9.90 Å². The molecule has 1 aromatic heterocycles. The van der Waals surface area contributed by atoms with Gasteiger partial charge in [-0.3, -0.25) is 4.79 Å². The van der Waals surface area contributed by atoms with Crippen molar-refractivity contribution in [2.45, 2.75) is 51.5 Å². The van der Waals surface area contributed by atoms with E-state index in [0.717, 1.165) is 23.5 Å². The molecule has 1 fully saturated rings. The van der Waals surface area contributed by atoms with Crippen LogP contribution in [0.1, 0.15) is 42.8 Å². The molecule has 1 amide bonds. The molecule has 0 radical (unpaired) electrons. The molecule has 0 saturated heterocycles. The molecule has 4 nitrogen and oxygen atoms in total. The summed E-state index contributed by atoms with van der Waals surface area (Å²) in [6, 6.07) is 0.180. The predicted octanol–water partition coefficient (Wildman–Crippen LogP) is 2.05. The van der Waals surface area contributed by atoms with Crippen LogP contribution >= 0.6 is 11.3 Å². The highest BCUT2D eigenvalue weighted by atomic mass is 32.1. The van der Waals surface area contributed by atoms with Gasteiger partial charge in [0.15, 0.2) is 0 Å². The zero-order valence-electron chi connectivity index (χ0n) is 11.4. The standard InChI is InChI=1S/C14H22N2O2S/c1-10-15-12(9-19-10)3-2-4-14(18)16-13(7-8-17)11-5-6-11/h9,11,13,17H,2-8H2,1H3,(H,16,18). The van der Waals surface area contributed by atoms with Crippen molar-refractivity contribution in [3.63, 3.8) is 0 Å². The molecule has 1 unspecified atom stereocenters. The van der Waals surface area contributed by atoms with E-state index in [4.69, 9.17) is 5.11 Å². The molecule has 5 heteroatoms. The number of aliphatic hydroxyl groups is 1. The minimum atomic E-state index is 0.109. The van der Waals surface area contributed by atoms with Crippen LogP contribution < -0.4 is 5.32 Å². The first-order valence-electron chi connectivity index (χ1n) is 7.00. The van der Waals surface area contributed by atoms with Crippen LogP contribution in [0.15, 0.2) is 5.38 Å². The van der Waals surface area contributed by atoms with E-state index in [1.54, 1.807) is 11.3 Å². The first kappa shape index (κ1) is 14.5. The van der Waals surface area contributed by atoms with Crippen molar-refractivity contribution >= 4 is 17.2 Å². The smallest absolute Gasteiger partial charge is 0.220 e. The summed E-state index contributed by atoms with van der Waals surface area (Å²) < 4.78 is 0. The third kappa shape index (κ3) is 4.91. The predicted molar refractivity (Wildman–Crippen MR) is 76.1 cm³/mol. The Hall–Kier alpha value is -0.940. The molecule has 1 aliphatic carbocycles. The molecular formula is C14H22N2O2S. The Morgan fingerprint density at radius 1 is 1.63 bits per heavy atom. The quantitative estimate of drug-likeness (QED) is 0.767. The Balaban J connectivity index is 1.66. The Labute approximate surface area is 118 Å². The molecule has 19 heavy (non-hydrogen) atoms. The largest absolute Gasteiger partial charge is 0.396 e. The maximum atomic E-state index is 11.8. The van der Waals surface area contributed by atoms with E-state index in [0.29, 0.717) is 18.8 Å². The Morgan fingerprint density at radius 2 is 2.42 bits per heavy atom. The topological polar surface area (TPSA) is 62.2 Å². The van der Waals surface area contributed by atoms with Gasteiger partial charge < -0.3 is 10.4 Å². The second-order valence-electron chi connectivity index (χ2n) is 5.24. The van der Waals surface area contributed by atoms with Crippen LogP contribution in [0.2, 0.25) is 0 Å². The molecule has 2 rings (SSSR count). The molecule has 0 aliphatic heterocycles. The maximum absolute atomic E-state index is 11.8. The van der Waals surface area contributed by atoms with E-state index in [-0.39, 0.29) is 18.6 Å². The molecule has 2 N–H and O–H groups in total. The van der Waals surface area contributed by atoms with Crippen LogP contribution in [0, 0.1) is 12.8 Å². The molecule has 1 aliphatic rings. The molecule has 1 heterocycles. The number of thiazole rings is 1. The highest BCUT2D eigenvalue weighted by molar-refractivity contribution is 7.09. The van der Waals surface area contributed by atoms with Gasteiger partial charge in [0.2, 0.25) is 5.91 Å². The van der Waals surface area contributed by atoms with Gasteiger partial charge in [-0.2, -0.15) is 0 Å². The lowest BCUT2D eigenvalue weighted by molar-refractivity contribution is -0.122. The van der Waals surface area contributed by atoms with E-state index >= 15 is 0 Å².